The number of phenols is 2. The normalized spacial score (nSPS) is 12.4. The molecule has 5 nitrogen and oxygen atoms in total. The highest BCUT2D eigenvalue weighted by molar-refractivity contribution is 6.32. The van der Waals surface area contributed by atoms with Crippen molar-refractivity contribution < 1.29 is 19.7 Å². The van der Waals surface area contributed by atoms with Gasteiger partial charge in [-0.15, -0.1) is 0 Å². The maximum atomic E-state index is 9.91. The van der Waals surface area contributed by atoms with Crippen molar-refractivity contribution in [2.45, 2.75) is 6.54 Å². The second-order valence-electron chi connectivity index (χ2n) is 4.35. The Balaban J connectivity index is 1.76. The molecule has 2 aromatic carbocycles. The lowest BCUT2D eigenvalue weighted by molar-refractivity contribution is 0.174. The number of fused-ring (bicyclic) bond motifs is 1. The Morgan fingerprint density at radius 3 is 2.55 bits per heavy atom. The van der Waals surface area contributed by atoms with Crippen molar-refractivity contribution in [2.75, 3.05) is 12.1 Å². The molecule has 104 valence electrons. The number of benzene rings is 2. The van der Waals surface area contributed by atoms with Crippen LogP contribution < -0.4 is 14.8 Å². The van der Waals surface area contributed by atoms with Gasteiger partial charge in [0, 0.05) is 23.9 Å². The smallest absolute Gasteiger partial charge is 0.231 e. The largest absolute Gasteiger partial charge is 0.507 e. The minimum absolute atomic E-state index is 0.0307. The average Bonchev–Trinajstić information content (AvgIpc) is 2.87. The Morgan fingerprint density at radius 2 is 1.80 bits per heavy atom. The molecule has 0 radical (unpaired) electrons. The number of hydrogen-bond donors (Lipinski definition) is 3. The Morgan fingerprint density at radius 1 is 1.05 bits per heavy atom. The van der Waals surface area contributed by atoms with Crippen LogP contribution in [0.5, 0.6) is 23.0 Å². The highest BCUT2D eigenvalue weighted by Crippen LogP contribution is 2.38. The maximum absolute atomic E-state index is 9.91. The molecule has 0 bridgehead atoms. The van der Waals surface area contributed by atoms with E-state index in [2.05, 4.69) is 5.32 Å². The van der Waals surface area contributed by atoms with E-state index in [4.69, 9.17) is 21.1 Å². The minimum Gasteiger partial charge on any atom is -0.507 e. The van der Waals surface area contributed by atoms with Crippen LogP contribution in [0.15, 0.2) is 30.3 Å². The topological polar surface area (TPSA) is 71.0 Å². The number of halogens is 1. The van der Waals surface area contributed by atoms with E-state index in [0.717, 1.165) is 5.69 Å². The highest BCUT2D eigenvalue weighted by atomic mass is 35.5. The third kappa shape index (κ3) is 2.40. The highest BCUT2D eigenvalue weighted by Gasteiger charge is 2.16. The number of nitrogens with one attached hydrogen (secondary N) is 1. The molecule has 3 N–H and O–H groups in total. The van der Waals surface area contributed by atoms with Crippen LogP contribution >= 0.6 is 11.6 Å². The molecule has 1 aliphatic rings. The van der Waals surface area contributed by atoms with E-state index in [0.29, 0.717) is 23.6 Å². The lowest BCUT2D eigenvalue weighted by atomic mass is 10.1. The van der Waals surface area contributed by atoms with Crippen LogP contribution in [-0.2, 0) is 6.54 Å². The van der Waals surface area contributed by atoms with Gasteiger partial charge in [0.25, 0.3) is 0 Å². The quantitative estimate of drug-likeness (QED) is 0.759. The monoisotopic (exact) mass is 293 g/mol. The van der Waals surface area contributed by atoms with Gasteiger partial charge in [-0.3, -0.25) is 0 Å². The van der Waals surface area contributed by atoms with Gasteiger partial charge >= 0.3 is 0 Å². The van der Waals surface area contributed by atoms with E-state index < -0.39 is 0 Å². The molecule has 0 unspecified atom stereocenters. The van der Waals surface area contributed by atoms with Gasteiger partial charge < -0.3 is 25.0 Å². The van der Waals surface area contributed by atoms with Crippen molar-refractivity contribution in [3.05, 3.63) is 40.9 Å². The van der Waals surface area contributed by atoms with Crippen molar-refractivity contribution in [1.29, 1.82) is 0 Å². The molecule has 0 amide bonds. The predicted octanol–water partition coefficient (Wildman–Crippen LogP) is 3.09. The molecule has 2 aromatic rings. The third-order valence-electron chi connectivity index (χ3n) is 3.00. The lowest BCUT2D eigenvalue weighted by Gasteiger charge is -2.10. The van der Waals surface area contributed by atoms with Gasteiger partial charge in [-0.2, -0.15) is 0 Å². The molecule has 0 saturated carbocycles. The summed E-state index contributed by atoms with van der Waals surface area (Å²) >= 11 is 5.83. The van der Waals surface area contributed by atoms with E-state index in [1.54, 1.807) is 18.2 Å². The molecule has 20 heavy (non-hydrogen) atoms. The number of aromatic hydroxyl groups is 2. The first kappa shape index (κ1) is 12.7. The summed E-state index contributed by atoms with van der Waals surface area (Å²) in [4.78, 5) is 0. The first-order valence-corrected chi connectivity index (χ1v) is 6.35. The van der Waals surface area contributed by atoms with Crippen LogP contribution in [0, 0.1) is 0 Å². The molecule has 0 spiro atoms. The first-order chi connectivity index (χ1) is 9.63. The zero-order valence-corrected chi connectivity index (χ0v) is 11.1. The van der Waals surface area contributed by atoms with Crippen molar-refractivity contribution >= 4 is 17.3 Å². The second kappa shape index (κ2) is 5.02. The van der Waals surface area contributed by atoms with E-state index in [-0.39, 0.29) is 23.3 Å². The van der Waals surface area contributed by atoms with Crippen LogP contribution in [0.2, 0.25) is 5.02 Å². The van der Waals surface area contributed by atoms with E-state index in [9.17, 15) is 10.2 Å². The van der Waals surface area contributed by atoms with Crippen molar-refractivity contribution in [3.8, 4) is 23.0 Å². The zero-order valence-electron chi connectivity index (χ0n) is 10.4. The SMILES string of the molecule is Oc1ccc(NCc2cc3c(cc2O)OCO3)cc1Cl. The van der Waals surface area contributed by atoms with Gasteiger partial charge in [0.1, 0.15) is 11.5 Å². The molecule has 0 fully saturated rings. The van der Waals surface area contributed by atoms with Crippen LogP contribution in [0.25, 0.3) is 0 Å². The summed E-state index contributed by atoms with van der Waals surface area (Å²) < 4.78 is 10.4. The van der Waals surface area contributed by atoms with Crippen LogP contribution in [-0.4, -0.2) is 17.0 Å². The summed E-state index contributed by atoms with van der Waals surface area (Å²) in [6.07, 6.45) is 0. The third-order valence-corrected chi connectivity index (χ3v) is 3.31. The molecule has 0 aromatic heterocycles. The summed E-state index contributed by atoms with van der Waals surface area (Å²) in [5.41, 5.74) is 1.42. The summed E-state index contributed by atoms with van der Waals surface area (Å²) in [6, 6.07) is 8.08. The Bertz CT molecular complexity index is 660. The molecule has 0 atom stereocenters. The van der Waals surface area contributed by atoms with Crippen molar-refractivity contribution in [2.24, 2.45) is 0 Å². The van der Waals surface area contributed by atoms with E-state index >= 15 is 0 Å². The van der Waals surface area contributed by atoms with E-state index in [1.165, 1.54) is 12.1 Å². The second-order valence-corrected chi connectivity index (χ2v) is 4.76. The maximum Gasteiger partial charge on any atom is 0.231 e. The van der Waals surface area contributed by atoms with Crippen LogP contribution in [0.1, 0.15) is 5.56 Å². The fraction of sp³-hybridized carbons (Fsp3) is 0.143. The van der Waals surface area contributed by atoms with Gasteiger partial charge in [0.05, 0.1) is 5.02 Å². The number of hydrogen-bond acceptors (Lipinski definition) is 5. The van der Waals surface area contributed by atoms with Gasteiger partial charge in [-0.1, -0.05) is 11.6 Å². The van der Waals surface area contributed by atoms with E-state index in [1.807, 2.05) is 0 Å². The predicted molar refractivity (Wildman–Crippen MR) is 74.7 cm³/mol. The summed E-state index contributed by atoms with van der Waals surface area (Å²) in [5.74, 6) is 1.32. The summed E-state index contributed by atoms with van der Waals surface area (Å²) in [7, 11) is 0. The van der Waals surface area contributed by atoms with Crippen molar-refractivity contribution in [3.63, 3.8) is 0 Å². The molecular formula is C14H12ClNO4. The van der Waals surface area contributed by atoms with Gasteiger partial charge in [0.15, 0.2) is 11.5 Å². The average molecular weight is 294 g/mol. The molecule has 1 aliphatic heterocycles. The standard InChI is InChI=1S/C14H12ClNO4/c15-10-4-9(1-2-11(10)17)16-6-8-3-13-14(5-12(8)18)20-7-19-13/h1-5,16-18H,6-7H2. The minimum atomic E-state index is 0.0307. The number of ether oxygens (including phenoxy) is 2. The van der Waals surface area contributed by atoms with Crippen LogP contribution in [0.4, 0.5) is 5.69 Å². The molecule has 0 aliphatic carbocycles. The molecular weight excluding hydrogens is 282 g/mol. The molecule has 3 rings (SSSR count). The molecule has 6 heteroatoms. The fourth-order valence-electron chi connectivity index (χ4n) is 1.93. The van der Waals surface area contributed by atoms with Gasteiger partial charge in [-0.25, -0.2) is 0 Å². The molecule has 1 heterocycles. The summed E-state index contributed by atoms with van der Waals surface area (Å²) in [6.45, 7) is 0.558. The van der Waals surface area contributed by atoms with Crippen molar-refractivity contribution in [1.82, 2.24) is 0 Å². The van der Waals surface area contributed by atoms with Gasteiger partial charge in [0.2, 0.25) is 6.79 Å². The number of anilines is 1. The van der Waals surface area contributed by atoms with Crippen LogP contribution in [0.3, 0.4) is 0 Å². The fourth-order valence-corrected chi connectivity index (χ4v) is 2.11. The number of phenolic OH excluding ortho intramolecular Hbond substituents is 2. The Labute approximate surface area is 120 Å². The Hall–Kier alpha value is -2.27. The summed E-state index contributed by atoms with van der Waals surface area (Å²) in [5, 5.41) is 22.6. The zero-order chi connectivity index (χ0) is 14.1. The molecule has 0 saturated heterocycles. The first-order valence-electron chi connectivity index (χ1n) is 5.97. The van der Waals surface area contributed by atoms with Gasteiger partial charge in [-0.05, 0) is 24.3 Å². The lowest BCUT2D eigenvalue weighted by Crippen LogP contribution is -1.99. The Kier molecular flexibility index (Phi) is 3.20. The number of rotatable bonds is 3.